The zero-order chi connectivity index (χ0) is 8.43. The number of benzene rings is 1. The Kier molecular flexibility index (Phi) is 3.21. The van der Waals surface area contributed by atoms with Gasteiger partial charge in [0.2, 0.25) is 0 Å². The molecule has 0 atom stereocenters. The molecule has 0 bridgehead atoms. The van der Waals surface area contributed by atoms with E-state index in [1.807, 2.05) is 22.6 Å². The molecule has 0 aliphatic rings. The Hall–Kier alpha value is 0.260. The van der Waals surface area contributed by atoms with E-state index in [9.17, 15) is 4.39 Å². The van der Waals surface area contributed by atoms with Crippen molar-refractivity contribution in [3.05, 3.63) is 33.1 Å². The summed E-state index contributed by atoms with van der Waals surface area (Å²) >= 11 is 12.1. The Labute approximate surface area is 87.9 Å². The SMILES string of the molecule is Fc1cccc(I)c1C(=S)Cl. The van der Waals surface area contributed by atoms with Gasteiger partial charge in [0, 0.05) is 3.57 Å². The predicted octanol–water partition coefficient (Wildman–Crippen LogP) is 3.34. The summed E-state index contributed by atoms with van der Waals surface area (Å²) in [7, 11) is 0. The van der Waals surface area contributed by atoms with E-state index in [-0.39, 0.29) is 10.1 Å². The van der Waals surface area contributed by atoms with Crippen LogP contribution < -0.4 is 0 Å². The zero-order valence-corrected chi connectivity index (χ0v) is 9.00. The molecule has 0 N–H and O–H groups in total. The minimum Gasteiger partial charge on any atom is -0.206 e. The van der Waals surface area contributed by atoms with Crippen LogP contribution in [0, 0.1) is 9.39 Å². The Bertz CT molecular complexity index is 280. The first-order chi connectivity index (χ1) is 5.13. The molecule has 1 aromatic rings. The minimum absolute atomic E-state index is 0.0764. The highest BCUT2D eigenvalue weighted by atomic mass is 127. The van der Waals surface area contributed by atoms with Gasteiger partial charge in [-0.25, -0.2) is 4.39 Å². The molecule has 0 radical (unpaired) electrons. The van der Waals surface area contributed by atoms with Crippen LogP contribution in [0.5, 0.6) is 0 Å². The normalized spacial score (nSPS) is 9.73. The fourth-order valence-corrected chi connectivity index (χ4v) is 2.16. The molecule has 0 unspecified atom stereocenters. The molecule has 0 heterocycles. The van der Waals surface area contributed by atoms with Crippen LogP contribution in [0.25, 0.3) is 0 Å². The van der Waals surface area contributed by atoms with Crippen LogP contribution in [-0.4, -0.2) is 4.32 Å². The van der Waals surface area contributed by atoms with Crippen molar-refractivity contribution in [3.8, 4) is 0 Å². The first kappa shape index (κ1) is 9.35. The molecule has 0 aliphatic carbocycles. The zero-order valence-electron chi connectivity index (χ0n) is 5.27. The molecule has 0 aromatic heterocycles. The van der Waals surface area contributed by atoms with Gasteiger partial charge in [0.15, 0.2) is 0 Å². The molecule has 1 rings (SSSR count). The number of hydrogen-bond acceptors (Lipinski definition) is 1. The molecular formula is C7H3ClFIS. The second-order valence-electron chi connectivity index (χ2n) is 1.87. The Balaban J connectivity index is 3.32. The molecule has 0 fully saturated rings. The van der Waals surface area contributed by atoms with Gasteiger partial charge in [-0.1, -0.05) is 29.9 Å². The summed E-state index contributed by atoms with van der Waals surface area (Å²) in [6, 6.07) is 4.72. The van der Waals surface area contributed by atoms with Gasteiger partial charge < -0.3 is 0 Å². The van der Waals surface area contributed by atoms with E-state index in [0.717, 1.165) is 3.57 Å². The monoisotopic (exact) mass is 300 g/mol. The van der Waals surface area contributed by atoms with Crippen LogP contribution >= 0.6 is 46.4 Å². The van der Waals surface area contributed by atoms with Gasteiger partial charge in [0.05, 0.1) is 5.56 Å². The van der Waals surface area contributed by atoms with Gasteiger partial charge in [0.1, 0.15) is 10.1 Å². The van der Waals surface area contributed by atoms with Crippen molar-refractivity contribution in [1.29, 1.82) is 0 Å². The largest absolute Gasteiger partial charge is 0.206 e. The standard InChI is InChI=1S/C7H3ClFIS/c8-7(11)6-4(9)2-1-3-5(6)10/h1-3H. The Morgan fingerprint density at radius 1 is 1.55 bits per heavy atom. The maximum absolute atomic E-state index is 12.9. The van der Waals surface area contributed by atoms with Crippen molar-refractivity contribution in [1.82, 2.24) is 0 Å². The molecule has 11 heavy (non-hydrogen) atoms. The van der Waals surface area contributed by atoms with Crippen molar-refractivity contribution in [2.75, 3.05) is 0 Å². The van der Waals surface area contributed by atoms with Gasteiger partial charge in [0.25, 0.3) is 0 Å². The highest BCUT2D eigenvalue weighted by Crippen LogP contribution is 2.18. The minimum atomic E-state index is -0.364. The van der Waals surface area contributed by atoms with Crippen LogP contribution in [0.4, 0.5) is 4.39 Å². The average molecular weight is 301 g/mol. The maximum Gasteiger partial charge on any atom is 0.133 e. The molecule has 58 valence electrons. The molecular weight excluding hydrogens is 297 g/mol. The summed E-state index contributed by atoms with van der Waals surface area (Å²) < 4.78 is 13.7. The van der Waals surface area contributed by atoms with E-state index in [1.54, 1.807) is 12.1 Å². The van der Waals surface area contributed by atoms with Crippen molar-refractivity contribution in [2.45, 2.75) is 0 Å². The van der Waals surface area contributed by atoms with E-state index in [2.05, 4.69) is 12.2 Å². The fraction of sp³-hybridized carbons (Fsp3) is 0. The second kappa shape index (κ2) is 3.78. The average Bonchev–Trinajstić information content (AvgIpc) is 1.85. The molecule has 1 aromatic carbocycles. The summed E-state index contributed by atoms with van der Waals surface area (Å²) in [5, 5.41) is 0. The van der Waals surface area contributed by atoms with Crippen LogP contribution in [0.3, 0.4) is 0 Å². The van der Waals surface area contributed by atoms with Gasteiger partial charge in [-0.05, 0) is 34.7 Å². The lowest BCUT2D eigenvalue weighted by atomic mass is 10.2. The molecule has 4 heteroatoms. The highest BCUT2D eigenvalue weighted by molar-refractivity contribution is 14.1. The first-order valence-electron chi connectivity index (χ1n) is 2.77. The van der Waals surface area contributed by atoms with Crippen molar-refractivity contribution in [2.24, 2.45) is 0 Å². The van der Waals surface area contributed by atoms with Gasteiger partial charge in [-0.15, -0.1) is 0 Å². The molecule has 0 saturated heterocycles. The number of thiocarbonyl (C=S) groups is 1. The van der Waals surface area contributed by atoms with Crippen molar-refractivity contribution >= 4 is 50.7 Å². The van der Waals surface area contributed by atoms with Gasteiger partial charge in [-0.3, -0.25) is 0 Å². The fourth-order valence-electron chi connectivity index (χ4n) is 0.686. The molecule has 0 saturated carbocycles. The lowest BCUT2D eigenvalue weighted by Crippen LogP contribution is -1.96. The summed E-state index contributed by atoms with van der Waals surface area (Å²) in [5.74, 6) is -0.364. The molecule has 0 nitrogen and oxygen atoms in total. The summed E-state index contributed by atoms with van der Waals surface area (Å²) in [4.78, 5) is 0. The number of rotatable bonds is 1. The summed E-state index contributed by atoms with van der Waals surface area (Å²) in [6.07, 6.45) is 0. The molecule has 0 aliphatic heterocycles. The quantitative estimate of drug-likeness (QED) is 0.435. The van der Waals surface area contributed by atoms with Crippen LogP contribution in [-0.2, 0) is 0 Å². The number of halogens is 3. The van der Waals surface area contributed by atoms with Crippen LogP contribution in [0.15, 0.2) is 18.2 Å². The Morgan fingerprint density at radius 3 is 2.55 bits per heavy atom. The maximum atomic E-state index is 12.9. The lowest BCUT2D eigenvalue weighted by molar-refractivity contribution is 0.625. The van der Waals surface area contributed by atoms with E-state index >= 15 is 0 Å². The van der Waals surface area contributed by atoms with E-state index < -0.39 is 0 Å². The highest BCUT2D eigenvalue weighted by Gasteiger charge is 2.08. The third kappa shape index (κ3) is 2.10. The third-order valence-electron chi connectivity index (χ3n) is 1.16. The predicted molar refractivity (Wildman–Crippen MR) is 56.7 cm³/mol. The Morgan fingerprint density at radius 2 is 2.18 bits per heavy atom. The molecule has 0 amide bonds. The van der Waals surface area contributed by atoms with Gasteiger partial charge in [-0.2, -0.15) is 0 Å². The topological polar surface area (TPSA) is 0 Å². The van der Waals surface area contributed by atoms with E-state index in [0.29, 0.717) is 5.56 Å². The summed E-state index contributed by atoms with van der Waals surface area (Å²) in [6.45, 7) is 0. The van der Waals surface area contributed by atoms with Crippen LogP contribution in [0.1, 0.15) is 5.56 Å². The van der Waals surface area contributed by atoms with Crippen molar-refractivity contribution in [3.63, 3.8) is 0 Å². The van der Waals surface area contributed by atoms with Crippen LogP contribution in [0.2, 0.25) is 0 Å². The van der Waals surface area contributed by atoms with E-state index in [1.165, 1.54) is 6.07 Å². The molecule has 0 spiro atoms. The lowest BCUT2D eigenvalue weighted by Gasteiger charge is -2.00. The summed E-state index contributed by atoms with van der Waals surface area (Å²) in [5.41, 5.74) is 0.324. The number of hydrogen-bond donors (Lipinski definition) is 0. The smallest absolute Gasteiger partial charge is 0.133 e. The first-order valence-corrected chi connectivity index (χ1v) is 4.63. The second-order valence-corrected chi connectivity index (χ2v) is 4.04. The van der Waals surface area contributed by atoms with E-state index in [4.69, 9.17) is 11.6 Å². The van der Waals surface area contributed by atoms with Crippen molar-refractivity contribution < 1.29 is 4.39 Å². The third-order valence-corrected chi connectivity index (χ3v) is 2.45. The van der Waals surface area contributed by atoms with Gasteiger partial charge >= 0.3 is 0 Å².